The fourth-order valence-corrected chi connectivity index (χ4v) is 5.18. The van der Waals surface area contributed by atoms with Gasteiger partial charge >= 0.3 is 0 Å². The molecule has 3 nitrogen and oxygen atoms in total. The molecular formula is C26H27FN2O. The third-order valence-electron chi connectivity index (χ3n) is 6.81. The van der Waals surface area contributed by atoms with Crippen molar-refractivity contribution in [2.24, 2.45) is 5.92 Å². The van der Waals surface area contributed by atoms with Crippen LogP contribution in [0.1, 0.15) is 44.1 Å². The summed E-state index contributed by atoms with van der Waals surface area (Å²) in [6.07, 6.45) is 9.48. The highest BCUT2D eigenvalue weighted by Crippen LogP contribution is 2.31. The molecule has 4 heteroatoms. The monoisotopic (exact) mass is 402 g/mol. The van der Waals surface area contributed by atoms with Gasteiger partial charge in [-0.2, -0.15) is 4.39 Å². The lowest BCUT2D eigenvalue weighted by Gasteiger charge is -2.31. The fourth-order valence-electron chi connectivity index (χ4n) is 5.18. The van der Waals surface area contributed by atoms with E-state index in [0.29, 0.717) is 11.9 Å². The topological polar surface area (TPSA) is 33.2 Å². The highest BCUT2D eigenvalue weighted by atomic mass is 19.1. The van der Waals surface area contributed by atoms with Crippen LogP contribution in [0.15, 0.2) is 54.7 Å². The Kier molecular flexibility index (Phi) is 5.24. The molecule has 1 saturated carbocycles. The molecule has 1 unspecified atom stereocenters. The molecule has 2 heterocycles. The zero-order chi connectivity index (χ0) is 20.5. The number of hydrogen-bond donors (Lipinski definition) is 0. The first-order valence-corrected chi connectivity index (χ1v) is 11.1. The van der Waals surface area contributed by atoms with E-state index in [1.165, 1.54) is 49.9 Å². The van der Waals surface area contributed by atoms with Crippen LogP contribution in [0, 0.1) is 11.9 Å². The molecule has 1 aliphatic carbocycles. The van der Waals surface area contributed by atoms with Gasteiger partial charge in [0.1, 0.15) is 0 Å². The Balaban J connectivity index is 1.32. The van der Waals surface area contributed by atoms with Gasteiger partial charge < -0.3 is 4.90 Å². The van der Waals surface area contributed by atoms with E-state index in [4.69, 9.17) is 0 Å². The minimum atomic E-state index is -0.466. The molecule has 2 aliphatic rings. The Morgan fingerprint density at radius 2 is 1.67 bits per heavy atom. The van der Waals surface area contributed by atoms with E-state index < -0.39 is 5.95 Å². The second-order valence-electron chi connectivity index (χ2n) is 8.78. The minimum absolute atomic E-state index is 0.114. The van der Waals surface area contributed by atoms with E-state index in [0.717, 1.165) is 41.3 Å². The van der Waals surface area contributed by atoms with Gasteiger partial charge in [-0.3, -0.25) is 4.79 Å². The van der Waals surface area contributed by atoms with E-state index in [2.05, 4.69) is 40.2 Å². The lowest BCUT2D eigenvalue weighted by Crippen LogP contribution is -2.39. The molecule has 0 N–H and O–H groups in total. The summed E-state index contributed by atoms with van der Waals surface area (Å²) in [4.78, 5) is 18.8. The molecule has 30 heavy (non-hydrogen) atoms. The zero-order valence-electron chi connectivity index (χ0n) is 17.2. The first-order chi connectivity index (χ1) is 14.7. The molecule has 154 valence electrons. The van der Waals surface area contributed by atoms with Crippen molar-refractivity contribution in [2.75, 3.05) is 6.54 Å². The number of benzene rings is 2. The summed E-state index contributed by atoms with van der Waals surface area (Å²) in [5, 5.41) is 2.27. The summed E-state index contributed by atoms with van der Waals surface area (Å²) in [6, 6.07) is 16.4. The standard InChI is InChI=1S/C26H27FN2O/c27-25-17-22(10-12-28-25)21-9-8-19-14-18(6-7-20(19)16-21)15-23-11-13-29(26(23)30)24-4-2-1-3-5-24/h6-10,12,14,16-17,23-24H,1-5,11,13,15H2. The van der Waals surface area contributed by atoms with Crippen molar-refractivity contribution in [3.8, 4) is 11.1 Å². The molecule has 0 radical (unpaired) electrons. The Morgan fingerprint density at radius 1 is 0.900 bits per heavy atom. The molecule has 2 aromatic carbocycles. The molecule has 1 saturated heterocycles. The molecule has 1 aliphatic heterocycles. The molecule has 5 rings (SSSR count). The van der Waals surface area contributed by atoms with Crippen LogP contribution in [0.5, 0.6) is 0 Å². The van der Waals surface area contributed by atoms with Crippen LogP contribution in [0.4, 0.5) is 4.39 Å². The van der Waals surface area contributed by atoms with Gasteiger partial charge in [0.15, 0.2) is 0 Å². The second-order valence-corrected chi connectivity index (χ2v) is 8.78. The predicted molar refractivity (Wildman–Crippen MR) is 118 cm³/mol. The van der Waals surface area contributed by atoms with E-state index in [9.17, 15) is 9.18 Å². The van der Waals surface area contributed by atoms with E-state index in [1.54, 1.807) is 0 Å². The van der Waals surface area contributed by atoms with Crippen molar-refractivity contribution in [1.29, 1.82) is 0 Å². The number of fused-ring (bicyclic) bond motifs is 1. The average molecular weight is 403 g/mol. The Morgan fingerprint density at radius 3 is 2.50 bits per heavy atom. The molecule has 3 aromatic rings. The van der Waals surface area contributed by atoms with E-state index in [-0.39, 0.29) is 5.92 Å². The number of halogens is 1. The summed E-state index contributed by atoms with van der Waals surface area (Å²) >= 11 is 0. The number of likely N-dealkylation sites (tertiary alicyclic amines) is 1. The maximum absolute atomic E-state index is 13.4. The SMILES string of the molecule is O=C1C(Cc2ccc3cc(-c4ccnc(F)c4)ccc3c2)CCN1C1CCCCC1. The zero-order valence-corrected chi connectivity index (χ0v) is 17.2. The van der Waals surface area contributed by atoms with Gasteiger partial charge in [0.05, 0.1) is 0 Å². The number of carbonyl (C=O) groups is 1. The number of aromatic nitrogens is 1. The van der Waals surface area contributed by atoms with Crippen molar-refractivity contribution < 1.29 is 9.18 Å². The Labute approximate surface area is 176 Å². The third kappa shape index (κ3) is 3.83. The third-order valence-corrected chi connectivity index (χ3v) is 6.81. The maximum Gasteiger partial charge on any atom is 0.226 e. The van der Waals surface area contributed by atoms with Crippen molar-refractivity contribution in [1.82, 2.24) is 9.88 Å². The van der Waals surface area contributed by atoms with E-state index in [1.807, 2.05) is 12.1 Å². The van der Waals surface area contributed by atoms with Crippen molar-refractivity contribution >= 4 is 16.7 Å². The van der Waals surface area contributed by atoms with Gasteiger partial charge in [-0.05, 0) is 65.3 Å². The van der Waals surface area contributed by atoms with Crippen molar-refractivity contribution in [2.45, 2.75) is 51.0 Å². The molecule has 0 spiro atoms. The lowest BCUT2D eigenvalue weighted by molar-refractivity contribution is -0.133. The highest BCUT2D eigenvalue weighted by Gasteiger charge is 2.36. The smallest absolute Gasteiger partial charge is 0.226 e. The summed E-state index contributed by atoms with van der Waals surface area (Å²) in [5.41, 5.74) is 3.02. The number of nitrogens with zero attached hydrogens (tertiary/aromatic N) is 2. The molecule has 1 atom stereocenters. The van der Waals surface area contributed by atoms with Crippen molar-refractivity contribution in [3.63, 3.8) is 0 Å². The summed E-state index contributed by atoms with van der Waals surface area (Å²) in [5.74, 6) is 0.00643. The van der Waals surface area contributed by atoms with Crippen LogP contribution in [0.2, 0.25) is 0 Å². The number of amides is 1. The first-order valence-electron chi connectivity index (χ1n) is 11.1. The van der Waals surface area contributed by atoms with Gasteiger partial charge in [0.25, 0.3) is 0 Å². The largest absolute Gasteiger partial charge is 0.339 e. The molecule has 1 amide bonds. The number of rotatable bonds is 4. The molecule has 1 aromatic heterocycles. The van der Waals surface area contributed by atoms with E-state index >= 15 is 0 Å². The van der Waals surface area contributed by atoms with Gasteiger partial charge in [-0.15, -0.1) is 0 Å². The molecular weight excluding hydrogens is 375 g/mol. The summed E-state index contributed by atoms with van der Waals surface area (Å²) in [6.45, 7) is 0.924. The second kappa shape index (κ2) is 8.17. The van der Waals surface area contributed by atoms with Gasteiger partial charge in [-0.25, -0.2) is 4.98 Å². The predicted octanol–water partition coefficient (Wildman–Crippen LogP) is 5.76. The van der Waals surface area contributed by atoms with Crippen LogP contribution >= 0.6 is 0 Å². The first kappa shape index (κ1) is 19.2. The van der Waals surface area contributed by atoms with Gasteiger partial charge in [0.2, 0.25) is 11.9 Å². The lowest BCUT2D eigenvalue weighted by atomic mass is 9.93. The quantitative estimate of drug-likeness (QED) is 0.520. The van der Waals surface area contributed by atoms with Crippen LogP contribution in [-0.4, -0.2) is 28.4 Å². The normalized spacial score (nSPS) is 20.2. The number of pyridine rings is 1. The van der Waals surface area contributed by atoms with Gasteiger partial charge in [0, 0.05) is 30.8 Å². The Hall–Kier alpha value is -2.75. The minimum Gasteiger partial charge on any atom is -0.339 e. The van der Waals surface area contributed by atoms with Crippen LogP contribution in [0.3, 0.4) is 0 Å². The van der Waals surface area contributed by atoms with Crippen LogP contribution in [0.25, 0.3) is 21.9 Å². The number of carbonyl (C=O) groups excluding carboxylic acids is 1. The fraction of sp³-hybridized carbons (Fsp3) is 0.385. The highest BCUT2D eigenvalue weighted by molar-refractivity contribution is 5.88. The maximum atomic E-state index is 13.4. The molecule has 2 fully saturated rings. The Bertz CT molecular complexity index is 1070. The van der Waals surface area contributed by atoms with Crippen molar-refractivity contribution in [3.05, 3.63) is 66.2 Å². The van der Waals surface area contributed by atoms with Crippen LogP contribution in [-0.2, 0) is 11.2 Å². The van der Waals surface area contributed by atoms with Gasteiger partial charge in [-0.1, -0.05) is 49.6 Å². The number of hydrogen-bond acceptors (Lipinski definition) is 2. The van der Waals surface area contributed by atoms with Crippen LogP contribution < -0.4 is 0 Å². The summed E-state index contributed by atoms with van der Waals surface area (Å²) < 4.78 is 13.4. The average Bonchev–Trinajstić information content (AvgIpc) is 3.14. The summed E-state index contributed by atoms with van der Waals surface area (Å²) in [7, 11) is 0. The molecule has 0 bridgehead atoms.